The molecule has 1 spiro atoms. The molecule has 35 heavy (non-hydrogen) atoms. The number of rotatable bonds is 4. The van der Waals surface area contributed by atoms with Crippen LogP contribution in [0.25, 0.3) is 0 Å². The molecule has 2 heterocycles. The maximum Gasteiger partial charge on any atom is 0.410 e. The van der Waals surface area contributed by atoms with E-state index < -0.39 is 17.2 Å². The second-order valence-corrected chi connectivity index (χ2v) is 10.3. The topological polar surface area (TPSA) is 79.4 Å². The van der Waals surface area contributed by atoms with E-state index in [9.17, 15) is 14.4 Å². The molecule has 1 atom stereocenters. The molecule has 2 saturated heterocycles. The van der Waals surface area contributed by atoms with Crippen LogP contribution < -0.4 is 9.64 Å². The van der Waals surface area contributed by atoms with Crippen molar-refractivity contribution in [2.24, 2.45) is 0 Å². The van der Waals surface area contributed by atoms with E-state index in [-0.39, 0.29) is 31.4 Å². The summed E-state index contributed by atoms with van der Waals surface area (Å²) in [6.45, 7) is 5.94. The Bertz CT molecular complexity index is 1110. The Morgan fingerprint density at radius 2 is 1.71 bits per heavy atom. The summed E-state index contributed by atoms with van der Waals surface area (Å²) in [7, 11) is 1.59. The van der Waals surface area contributed by atoms with Crippen LogP contribution in [-0.2, 0) is 20.9 Å². The number of hydrogen-bond donors (Lipinski definition) is 0. The molecule has 0 aliphatic carbocycles. The predicted octanol–water partition coefficient (Wildman–Crippen LogP) is 4.10. The van der Waals surface area contributed by atoms with Gasteiger partial charge >= 0.3 is 6.09 Å². The molecule has 2 aromatic carbocycles. The van der Waals surface area contributed by atoms with E-state index in [4.69, 9.17) is 21.1 Å². The number of ether oxygens (including phenoxy) is 2. The van der Waals surface area contributed by atoms with Crippen LogP contribution in [0.15, 0.2) is 48.5 Å². The second-order valence-electron chi connectivity index (χ2n) is 9.90. The zero-order valence-electron chi connectivity index (χ0n) is 20.4. The molecule has 2 aliphatic heterocycles. The van der Waals surface area contributed by atoms with Crippen LogP contribution in [0.1, 0.15) is 32.8 Å². The van der Waals surface area contributed by atoms with E-state index in [1.165, 1.54) is 4.90 Å². The van der Waals surface area contributed by atoms with Crippen LogP contribution in [0.4, 0.5) is 10.5 Å². The first-order chi connectivity index (χ1) is 16.5. The van der Waals surface area contributed by atoms with Gasteiger partial charge in [0.05, 0.1) is 13.7 Å². The molecule has 0 aromatic heterocycles. The Hall–Kier alpha value is -3.26. The van der Waals surface area contributed by atoms with Gasteiger partial charge in [-0.05, 0) is 69.2 Å². The molecule has 0 N–H and O–H groups in total. The maximum atomic E-state index is 14.0. The minimum atomic E-state index is -1.23. The lowest BCUT2D eigenvalue weighted by molar-refractivity contribution is -0.146. The lowest BCUT2D eigenvalue weighted by atomic mass is 9.90. The van der Waals surface area contributed by atoms with Gasteiger partial charge in [0.15, 0.2) is 0 Å². The van der Waals surface area contributed by atoms with Crippen molar-refractivity contribution in [1.82, 2.24) is 9.80 Å². The summed E-state index contributed by atoms with van der Waals surface area (Å²) in [5.74, 6) is 0.296. The van der Waals surface area contributed by atoms with Gasteiger partial charge in [0.1, 0.15) is 23.4 Å². The van der Waals surface area contributed by atoms with Crippen molar-refractivity contribution in [3.05, 3.63) is 59.1 Å². The number of hydrogen-bond acceptors (Lipinski definition) is 5. The quantitative estimate of drug-likeness (QED) is 0.632. The lowest BCUT2D eigenvalue weighted by Crippen LogP contribution is -2.69. The van der Waals surface area contributed by atoms with Gasteiger partial charge in [-0.1, -0.05) is 23.7 Å². The van der Waals surface area contributed by atoms with E-state index in [0.717, 1.165) is 5.56 Å². The highest BCUT2D eigenvalue weighted by Gasteiger charge is 2.57. The number of nitrogens with zero attached hydrogens (tertiary/aromatic N) is 3. The van der Waals surface area contributed by atoms with Gasteiger partial charge in [0.25, 0.3) is 5.91 Å². The highest BCUT2D eigenvalue weighted by atomic mass is 35.5. The highest BCUT2D eigenvalue weighted by Crippen LogP contribution is 2.38. The molecule has 9 heteroatoms. The first kappa shape index (κ1) is 24.9. The number of methoxy groups -OCH3 is 1. The number of carbonyl (C=O) groups excluding carboxylic acids is 3. The van der Waals surface area contributed by atoms with Gasteiger partial charge in [-0.3, -0.25) is 14.5 Å². The van der Waals surface area contributed by atoms with Crippen molar-refractivity contribution in [2.75, 3.05) is 31.6 Å². The Morgan fingerprint density at radius 1 is 1.06 bits per heavy atom. The minimum absolute atomic E-state index is 0.0498. The normalized spacial score (nSPS) is 20.5. The standard InChI is InChI=1S/C26H30ClN3O5/c1-25(2,3)35-24(33)28-14-13-26(17-28)23(32)29(15-18-5-11-21(34-4)12-6-18)16-22(31)30(26)20-9-7-19(27)8-10-20/h5-12H,13-17H2,1-4H3. The fourth-order valence-corrected chi connectivity index (χ4v) is 4.75. The van der Waals surface area contributed by atoms with E-state index >= 15 is 0 Å². The molecule has 3 amide bonds. The molecule has 8 nitrogen and oxygen atoms in total. The molecule has 2 aliphatic rings. The summed E-state index contributed by atoms with van der Waals surface area (Å²) in [4.78, 5) is 45.0. The molecule has 0 bridgehead atoms. The van der Waals surface area contributed by atoms with E-state index in [1.807, 2.05) is 24.3 Å². The Labute approximate surface area is 210 Å². The van der Waals surface area contributed by atoms with Crippen LogP contribution in [0.5, 0.6) is 5.75 Å². The number of benzene rings is 2. The van der Waals surface area contributed by atoms with Crippen LogP contribution in [0.3, 0.4) is 0 Å². The molecule has 186 valence electrons. The largest absolute Gasteiger partial charge is 0.497 e. The number of halogens is 1. The zero-order chi connectivity index (χ0) is 25.4. The van der Waals surface area contributed by atoms with Gasteiger partial charge < -0.3 is 19.3 Å². The molecule has 1 unspecified atom stereocenters. The number of piperazine rings is 1. The number of amides is 3. The number of likely N-dealkylation sites (tertiary alicyclic amines) is 1. The van der Waals surface area contributed by atoms with Crippen molar-refractivity contribution in [1.29, 1.82) is 0 Å². The molecular weight excluding hydrogens is 470 g/mol. The smallest absolute Gasteiger partial charge is 0.410 e. The predicted molar refractivity (Wildman–Crippen MR) is 133 cm³/mol. The molecule has 2 fully saturated rings. The number of anilines is 1. The number of carbonyl (C=O) groups is 3. The fourth-order valence-electron chi connectivity index (χ4n) is 4.63. The van der Waals surface area contributed by atoms with Crippen molar-refractivity contribution >= 4 is 35.2 Å². The van der Waals surface area contributed by atoms with Crippen LogP contribution >= 0.6 is 11.6 Å². The van der Waals surface area contributed by atoms with Crippen LogP contribution in [0.2, 0.25) is 5.02 Å². The lowest BCUT2D eigenvalue weighted by Gasteiger charge is -2.47. The summed E-state index contributed by atoms with van der Waals surface area (Å²) in [6.07, 6.45) is -0.198. The van der Waals surface area contributed by atoms with Crippen molar-refractivity contribution in [3.63, 3.8) is 0 Å². The average Bonchev–Trinajstić information content (AvgIpc) is 3.24. The fraction of sp³-hybridized carbons (Fsp3) is 0.423. The Kier molecular flexibility index (Phi) is 6.68. The minimum Gasteiger partial charge on any atom is -0.497 e. The monoisotopic (exact) mass is 499 g/mol. The molecule has 2 aromatic rings. The average molecular weight is 500 g/mol. The van der Waals surface area contributed by atoms with E-state index in [0.29, 0.717) is 29.4 Å². The Morgan fingerprint density at radius 3 is 2.31 bits per heavy atom. The molecule has 0 radical (unpaired) electrons. The highest BCUT2D eigenvalue weighted by molar-refractivity contribution is 6.30. The molecule has 4 rings (SSSR count). The van der Waals surface area contributed by atoms with Crippen LogP contribution in [-0.4, -0.2) is 65.6 Å². The van der Waals surface area contributed by atoms with Gasteiger partial charge in [-0.2, -0.15) is 0 Å². The first-order valence-corrected chi connectivity index (χ1v) is 11.9. The summed E-state index contributed by atoms with van der Waals surface area (Å²) in [5.41, 5.74) is -0.450. The third-order valence-electron chi connectivity index (χ3n) is 6.21. The van der Waals surface area contributed by atoms with Crippen molar-refractivity contribution < 1.29 is 23.9 Å². The summed E-state index contributed by atoms with van der Waals surface area (Å²) in [6, 6.07) is 14.2. The Balaban J connectivity index is 1.67. The maximum absolute atomic E-state index is 14.0. The summed E-state index contributed by atoms with van der Waals surface area (Å²) < 4.78 is 10.8. The summed E-state index contributed by atoms with van der Waals surface area (Å²) >= 11 is 6.07. The van der Waals surface area contributed by atoms with E-state index in [1.54, 1.807) is 61.9 Å². The third-order valence-corrected chi connectivity index (χ3v) is 6.46. The van der Waals surface area contributed by atoms with Gasteiger partial charge in [0.2, 0.25) is 5.91 Å². The van der Waals surface area contributed by atoms with E-state index in [2.05, 4.69) is 0 Å². The molecular formula is C26H30ClN3O5. The van der Waals surface area contributed by atoms with Crippen molar-refractivity contribution in [2.45, 2.75) is 44.9 Å². The van der Waals surface area contributed by atoms with Gasteiger partial charge in [-0.15, -0.1) is 0 Å². The van der Waals surface area contributed by atoms with Gasteiger partial charge in [-0.25, -0.2) is 4.79 Å². The zero-order valence-corrected chi connectivity index (χ0v) is 21.2. The first-order valence-electron chi connectivity index (χ1n) is 11.5. The summed E-state index contributed by atoms with van der Waals surface area (Å²) in [5, 5.41) is 0.529. The van der Waals surface area contributed by atoms with Gasteiger partial charge in [0, 0.05) is 23.8 Å². The van der Waals surface area contributed by atoms with Crippen LogP contribution in [0, 0.1) is 0 Å². The second kappa shape index (κ2) is 9.41. The third kappa shape index (κ3) is 5.07. The molecule has 0 saturated carbocycles. The van der Waals surface area contributed by atoms with Crippen molar-refractivity contribution in [3.8, 4) is 5.75 Å². The SMILES string of the molecule is COc1ccc(CN2CC(=O)N(c3ccc(Cl)cc3)C3(CCN(C(=O)OC(C)(C)C)C3)C2=O)cc1.